The predicted molar refractivity (Wildman–Crippen MR) is 46.3 cm³/mol. The Bertz CT molecular complexity index is 95.3. The molecule has 0 bridgehead atoms. The molecular weight excluding hydrogens is 192 g/mol. The highest BCUT2D eigenvalue weighted by Crippen LogP contribution is 2.31. The molecule has 10 heavy (non-hydrogen) atoms. The monoisotopic (exact) mass is 206 g/mol. The molecule has 60 valence electrons. The third-order valence-corrected chi connectivity index (χ3v) is 2.67. The topological polar surface area (TPSA) is 12.5 Å². The summed E-state index contributed by atoms with van der Waals surface area (Å²) in [6.45, 7) is 2.24. The van der Waals surface area contributed by atoms with Gasteiger partial charge in [0.2, 0.25) is 0 Å². The summed E-state index contributed by atoms with van der Waals surface area (Å²) in [7, 11) is 0. The van der Waals surface area contributed by atoms with Gasteiger partial charge in [-0.25, -0.2) is 0 Å². The molecule has 2 heteroatoms. The largest absolute Gasteiger partial charge is 0.357 e. The van der Waals surface area contributed by atoms with Gasteiger partial charge in [0.1, 0.15) is 5.01 Å². The van der Waals surface area contributed by atoms with E-state index in [1.54, 1.807) is 0 Å². The van der Waals surface area contributed by atoms with Gasteiger partial charge in [0.05, 0.1) is 6.10 Å². The first kappa shape index (κ1) is 8.54. The molecule has 0 amide bonds. The predicted octanol–water partition coefficient (Wildman–Crippen LogP) is 3.08. The van der Waals surface area contributed by atoms with Crippen molar-refractivity contribution in [3.05, 3.63) is 0 Å². The van der Waals surface area contributed by atoms with Crippen molar-refractivity contribution in [2.75, 3.05) is 0 Å². The van der Waals surface area contributed by atoms with Crippen molar-refractivity contribution in [3.63, 3.8) is 0 Å². The average Bonchev–Trinajstić information content (AvgIpc) is 2.60. The highest BCUT2D eigenvalue weighted by molar-refractivity contribution is 9.09. The van der Waals surface area contributed by atoms with E-state index in [2.05, 4.69) is 22.9 Å². The summed E-state index contributed by atoms with van der Waals surface area (Å²) in [5.74, 6) is 0. The molecule has 0 spiro atoms. The highest BCUT2D eigenvalue weighted by Gasteiger charge is 2.34. The molecule has 0 radical (unpaired) electrons. The van der Waals surface area contributed by atoms with Crippen LogP contribution < -0.4 is 0 Å². The second-order valence-electron chi connectivity index (χ2n) is 2.88. The lowest BCUT2D eigenvalue weighted by atomic mass is 10.1. The van der Waals surface area contributed by atoms with Crippen LogP contribution in [0, 0.1) is 0 Å². The van der Waals surface area contributed by atoms with Crippen molar-refractivity contribution < 1.29 is 4.74 Å². The van der Waals surface area contributed by atoms with Crippen LogP contribution in [0.1, 0.15) is 39.0 Å². The summed E-state index contributed by atoms with van der Waals surface area (Å²) in [5, 5.41) is 0.383. The molecule has 0 saturated carbocycles. The fourth-order valence-corrected chi connectivity index (χ4v) is 1.63. The average molecular weight is 207 g/mol. The lowest BCUT2D eigenvalue weighted by Gasteiger charge is -1.94. The Morgan fingerprint density at radius 1 is 1.30 bits per heavy atom. The second kappa shape index (κ2) is 4.35. The Morgan fingerprint density at radius 2 is 2.00 bits per heavy atom. The van der Waals surface area contributed by atoms with Gasteiger partial charge >= 0.3 is 0 Å². The van der Waals surface area contributed by atoms with E-state index in [-0.39, 0.29) is 0 Å². The Balaban J connectivity index is 1.78. The van der Waals surface area contributed by atoms with Gasteiger partial charge in [0, 0.05) is 0 Å². The first-order valence-electron chi connectivity index (χ1n) is 4.14. The van der Waals surface area contributed by atoms with Gasteiger partial charge in [0.15, 0.2) is 0 Å². The number of hydrogen-bond donors (Lipinski definition) is 0. The first-order valence-corrected chi connectivity index (χ1v) is 5.05. The smallest absolute Gasteiger partial charge is 0.139 e. The molecule has 1 rings (SSSR count). The number of ether oxygens (including phenoxy) is 1. The molecule has 0 aromatic heterocycles. The molecule has 1 saturated heterocycles. The van der Waals surface area contributed by atoms with Crippen LogP contribution >= 0.6 is 15.9 Å². The van der Waals surface area contributed by atoms with E-state index in [0.29, 0.717) is 11.1 Å². The summed E-state index contributed by atoms with van der Waals surface area (Å²) >= 11 is 3.40. The summed E-state index contributed by atoms with van der Waals surface area (Å²) in [6.07, 6.45) is 7.19. The standard InChI is InChI=1S/C8H15BrO/c1-2-3-4-5-6-7-8(9)10-7/h7-8H,2-6H2,1H3. The van der Waals surface area contributed by atoms with Crippen molar-refractivity contribution >= 4 is 15.9 Å². The van der Waals surface area contributed by atoms with E-state index in [1.165, 1.54) is 32.1 Å². The molecule has 1 aliphatic rings. The summed E-state index contributed by atoms with van der Waals surface area (Å²) in [4.78, 5) is 0. The van der Waals surface area contributed by atoms with Crippen LogP contribution in [0.15, 0.2) is 0 Å². The van der Waals surface area contributed by atoms with Crippen LogP contribution in [-0.4, -0.2) is 11.1 Å². The zero-order valence-corrected chi connectivity index (χ0v) is 8.06. The van der Waals surface area contributed by atoms with Gasteiger partial charge in [-0.3, -0.25) is 0 Å². The van der Waals surface area contributed by atoms with Crippen LogP contribution in [0.2, 0.25) is 0 Å². The van der Waals surface area contributed by atoms with Crippen LogP contribution in [-0.2, 0) is 4.74 Å². The highest BCUT2D eigenvalue weighted by atomic mass is 79.9. The number of halogens is 1. The Kier molecular flexibility index (Phi) is 3.71. The van der Waals surface area contributed by atoms with Gasteiger partial charge in [0.25, 0.3) is 0 Å². The number of rotatable bonds is 5. The Hall–Kier alpha value is 0.440. The summed E-state index contributed by atoms with van der Waals surface area (Å²) < 4.78 is 5.21. The number of unbranched alkanes of at least 4 members (excludes halogenated alkanes) is 3. The summed E-state index contributed by atoms with van der Waals surface area (Å²) in [6, 6.07) is 0. The molecule has 1 fully saturated rings. The van der Waals surface area contributed by atoms with Crippen LogP contribution in [0.4, 0.5) is 0 Å². The lowest BCUT2D eigenvalue weighted by Crippen LogP contribution is -1.87. The molecular formula is C8H15BrO. The molecule has 1 nitrogen and oxygen atoms in total. The van der Waals surface area contributed by atoms with Crippen molar-refractivity contribution in [1.29, 1.82) is 0 Å². The second-order valence-corrected chi connectivity index (χ2v) is 3.78. The van der Waals surface area contributed by atoms with Crippen molar-refractivity contribution in [3.8, 4) is 0 Å². The van der Waals surface area contributed by atoms with Crippen LogP contribution in [0.5, 0.6) is 0 Å². The van der Waals surface area contributed by atoms with E-state index in [1.807, 2.05) is 0 Å². The Morgan fingerprint density at radius 3 is 2.50 bits per heavy atom. The Labute approximate surface area is 71.3 Å². The third-order valence-electron chi connectivity index (χ3n) is 1.86. The molecule has 0 aliphatic carbocycles. The van der Waals surface area contributed by atoms with Crippen LogP contribution in [0.25, 0.3) is 0 Å². The van der Waals surface area contributed by atoms with Gasteiger partial charge in [-0.2, -0.15) is 0 Å². The first-order chi connectivity index (χ1) is 4.84. The van der Waals surface area contributed by atoms with E-state index in [4.69, 9.17) is 4.74 Å². The number of hydrogen-bond acceptors (Lipinski definition) is 1. The summed E-state index contributed by atoms with van der Waals surface area (Å²) in [5.41, 5.74) is 0. The SMILES string of the molecule is CCCCCCC1OC1Br. The molecule has 1 aliphatic heterocycles. The normalized spacial score (nSPS) is 30.6. The minimum Gasteiger partial charge on any atom is -0.357 e. The van der Waals surface area contributed by atoms with Gasteiger partial charge in [-0.05, 0) is 6.42 Å². The molecule has 2 atom stereocenters. The van der Waals surface area contributed by atoms with Crippen molar-refractivity contribution in [2.45, 2.75) is 50.1 Å². The maximum absolute atomic E-state index is 5.21. The maximum Gasteiger partial charge on any atom is 0.139 e. The van der Waals surface area contributed by atoms with E-state index >= 15 is 0 Å². The van der Waals surface area contributed by atoms with Crippen molar-refractivity contribution in [2.24, 2.45) is 0 Å². The maximum atomic E-state index is 5.21. The van der Waals surface area contributed by atoms with E-state index < -0.39 is 0 Å². The quantitative estimate of drug-likeness (QED) is 0.383. The lowest BCUT2D eigenvalue weighted by molar-refractivity contribution is 0.383. The molecule has 2 unspecified atom stereocenters. The third kappa shape index (κ3) is 3.02. The van der Waals surface area contributed by atoms with Crippen LogP contribution in [0.3, 0.4) is 0 Å². The number of epoxide rings is 1. The van der Waals surface area contributed by atoms with Gasteiger partial charge in [-0.15, -0.1) is 0 Å². The molecule has 1 heterocycles. The number of alkyl halides is 1. The fourth-order valence-electron chi connectivity index (χ4n) is 1.09. The minimum atomic E-state index is 0.383. The molecule has 0 aromatic rings. The minimum absolute atomic E-state index is 0.383. The van der Waals surface area contributed by atoms with Crippen molar-refractivity contribution in [1.82, 2.24) is 0 Å². The zero-order chi connectivity index (χ0) is 7.40. The molecule has 0 N–H and O–H groups in total. The molecule has 0 aromatic carbocycles. The van der Waals surface area contributed by atoms with E-state index in [9.17, 15) is 0 Å². The zero-order valence-electron chi connectivity index (χ0n) is 6.48. The van der Waals surface area contributed by atoms with E-state index in [0.717, 1.165) is 0 Å². The fraction of sp³-hybridized carbons (Fsp3) is 1.00. The van der Waals surface area contributed by atoms with Gasteiger partial charge in [-0.1, -0.05) is 48.5 Å². The van der Waals surface area contributed by atoms with Gasteiger partial charge < -0.3 is 4.74 Å².